The van der Waals surface area contributed by atoms with E-state index in [1.165, 1.54) is 25.6 Å². The molecule has 0 unspecified atom stereocenters. The zero-order valence-electron chi connectivity index (χ0n) is 10.2. The Balaban J connectivity index is 2.01. The summed E-state index contributed by atoms with van der Waals surface area (Å²) in [6.45, 7) is 0.0406. The van der Waals surface area contributed by atoms with Gasteiger partial charge in [-0.05, 0) is 6.07 Å². The van der Waals surface area contributed by atoms with E-state index < -0.39 is 5.97 Å². The normalized spacial score (nSPS) is 10.0. The Kier molecular flexibility index (Phi) is 4.02. The van der Waals surface area contributed by atoms with E-state index in [0.29, 0.717) is 5.56 Å². The third-order valence-corrected chi connectivity index (χ3v) is 2.36. The molecule has 1 aromatic carbocycles. The van der Waals surface area contributed by atoms with E-state index in [1.807, 2.05) is 0 Å². The van der Waals surface area contributed by atoms with E-state index in [2.05, 4.69) is 14.7 Å². The van der Waals surface area contributed by atoms with Crippen LogP contribution in [0.2, 0.25) is 0 Å². The zero-order chi connectivity index (χ0) is 13.7. The topological polar surface area (TPSA) is 61.3 Å². The van der Waals surface area contributed by atoms with Gasteiger partial charge in [0.25, 0.3) is 0 Å². The number of nitrogens with zero attached hydrogens (tertiary/aromatic N) is 2. The Morgan fingerprint density at radius 1 is 1.26 bits per heavy atom. The Morgan fingerprint density at radius 3 is 2.68 bits per heavy atom. The summed E-state index contributed by atoms with van der Waals surface area (Å²) in [5.41, 5.74) is 0.502. The van der Waals surface area contributed by atoms with E-state index in [-0.39, 0.29) is 24.0 Å². The van der Waals surface area contributed by atoms with Crippen molar-refractivity contribution >= 4 is 5.97 Å². The Morgan fingerprint density at radius 2 is 2.05 bits per heavy atom. The van der Waals surface area contributed by atoms with E-state index in [4.69, 9.17) is 4.74 Å². The van der Waals surface area contributed by atoms with Crippen LogP contribution in [0.3, 0.4) is 0 Å². The SMILES string of the molecule is COC(=O)c1cnc(OCc2ccccc2F)cn1. The van der Waals surface area contributed by atoms with Crippen LogP contribution < -0.4 is 4.74 Å². The van der Waals surface area contributed by atoms with Crippen LogP contribution >= 0.6 is 0 Å². The van der Waals surface area contributed by atoms with Gasteiger partial charge in [0, 0.05) is 5.56 Å². The van der Waals surface area contributed by atoms with E-state index >= 15 is 0 Å². The number of aromatic nitrogens is 2. The summed E-state index contributed by atoms with van der Waals surface area (Å²) < 4.78 is 23.1. The third-order valence-electron chi connectivity index (χ3n) is 2.36. The fourth-order valence-corrected chi connectivity index (χ4v) is 1.37. The van der Waals surface area contributed by atoms with Crippen LogP contribution in [-0.2, 0) is 11.3 Å². The Hall–Kier alpha value is -2.50. The van der Waals surface area contributed by atoms with Gasteiger partial charge in [0.05, 0.1) is 19.5 Å². The van der Waals surface area contributed by atoms with Crippen molar-refractivity contribution in [1.82, 2.24) is 9.97 Å². The zero-order valence-corrected chi connectivity index (χ0v) is 10.2. The van der Waals surface area contributed by atoms with Crippen molar-refractivity contribution in [3.63, 3.8) is 0 Å². The molecule has 0 saturated heterocycles. The third kappa shape index (κ3) is 3.25. The monoisotopic (exact) mass is 262 g/mol. The summed E-state index contributed by atoms with van der Waals surface area (Å²) in [6.07, 6.45) is 2.52. The number of hydrogen-bond acceptors (Lipinski definition) is 5. The second kappa shape index (κ2) is 5.90. The molecule has 0 saturated carbocycles. The predicted molar refractivity (Wildman–Crippen MR) is 64.1 cm³/mol. The predicted octanol–water partition coefficient (Wildman–Crippen LogP) is 1.98. The van der Waals surface area contributed by atoms with Crippen LogP contribution in [0.1, 0.15) is 16.1 Å². The maximum Gasteiger partial charge on any atom is 0.358 e. The molecule has 0 aliphatic carbocycles. The van der Waals surface area contributed by atoms with Crippen molar-refractivity contribution in [2.24, 2.45) is 0 Å². The van der Waals surface area contributed by atoms with Gasteiger partial charge in [0.1, 0.15) is 12.4 Å². The van der Waals surface area contributed by atoms with E-state index in [9.17, 15) is 9.18 Å². The second-order valence-corrected chi connectivity index (χ2v) is 3.61. The van der Waals surface area contributed by atoms with Gasteiger partial charge in [-0.25, -0.2) is 19.2 Å². The summed E-state index contributed by atoms with van der Waals surface area (Å²) in [6, 6.07) is 6.29. The van der Waals surface area contributed by atoms with Crippen molar-refractivity contribution in [2.45, 2.75) is 6.61 Å². The molecule has 1 aromatic heterocycles. The molecule has 6 heteroatoms. The summed E-state index contributed by atoms with van der Waals surface area (Å²) in [4.78, 5) is 18.8. The second-order valence-electron chi connectivity index (χ2n) is 3.61. The first-order chi connectivity index (χ1) is 9.20. The Labute approximate surface area is 109 Å². The van der Waals surface area contributed by atoms with Gasteiger partial charge in [-0.15, -0.1) is 0 Å². The summed E-state index contributed by atoms with van der Waals surface area (Å²) in [5, 5.41) is 0. The maximum atomic E-state index is 13.3. The number of carbonyl (C=O) groups excluding carboxylic acids is 1. The van der Waals surface area contributed by atoms with Crippen LogP contribution in [0.4, 0.5) is 4.39 Å². The van der Waals surface area contributed by atoms with Gasteiger partial charge in [-0.1, -0.05) is 18.2 Å². The van der Waals surface area contributed by atoms with E-state index in [1.54, 1.807) is 18.2 Å². The molecule has 0 atom stereocenters. The number of methoxy groups -OCH3 is 1. The molecule has 0 radical (unpaired) electrons. The average Bonchev–Trinajstić information content (AvgIpc) is 2.46. The van der Waals surface area contributed by atoms with Crippen LogP contribution in [0, 0.1) is 5.82 Å². The first-order valence-electron chi connectivity index (χ1n) is 5.47. The van der Waals surface area contributed by atoms with Crippen molar-refractivity contribution in [1.29, 1.82) is 0 Å². The summed E-state index contributed by atoms with van der Waals surface area (Å²) >= 11 is 0. The molecule has 0 N–H and O–H groups in total. The summed E-state index contributed by atoms with van der Waals surface area (Å²) in [7, 11) is 1.26. The molecule has 0 bridgehead atoms. The number of benzene rings is 1. The highest BCUT2D eigenvalue weighted by molar-refractivity contribution is 5.86. The van der Waals surface area contributed by atoms with Gasteiger partial charge in [0.15, 0.2) is 5.69 Å². The van der Waals surface area contributed by atoms with Gasteiger partial charge in [0.2, 0.25) is 5.88 Å². The van der Waals surface area contributed by atoms with Crippen molar-refractivity contribution in [3.8, 4) is 5.88 Å². The maximum absolute atomic E-state index is 13.3. The van der Waals surface area contributed by atoms with Crippen LogP contribution in [0.5, 0.6) is 5.88 Å². The van der Waals surface area contributed by atoms with Crippen LogP contribution in [0.25, 0.3) is 0 Å². The molecule has 98 valence electrons. The molecule has 1 heterocycles. The number of ether oxygens (including phenoxy) is 2. The summed E-state index contributed by atoms with van der Waals surface area (Å²) in [5.74, 6) is -0.717. The molecule has 0 aliphatic heterocycles. The average molecular weight is 262 g/mol. The molecule has 5 nitrogen and oxygen atoms in total. The highest BCUT2D eigenvalue weighted by Gasteiger charge is 2.08. The molecular weight excluding hydrogens is 251 g/mol. The number of esters is 1. The minimum Gasteiger partial charge on any atom is -0.472 e. The lowest BCUT2D eigenvalue weighted by Crippen LogP contribution is -2.06. The molecular formula is C13H11FN2O3. The number of halogens is 1. The number of carbonyl (C=O) groups is 1. The molecule has 0 spiro atoms. The first-order valence-corrected chi connectivity index (χ1v) is 5.47. The first kappa shape index (κ1) is 12.9. The minimum atomic E-state index is -0.576. The minimum absolute atomic E-state index is 0.0406. The van der Waals surface area contributed by atoms with Crippen molar-refractivity contribution in [2.75, 3.05) is 7.11 Å². The highest BCUT2D eigenvalue weighted by Crippen LogP contribution is 2.11. The lowest BCUT2D eigenvalue weighted by atomic mass is 10.2. The van der Waals surface area contributed by atoms with Crippen LogP contribution in [0.15, 0.2) is 36.7 Å². The molecule has 0 fully saturated rings. The number of rotatable bonds is 4. The van der Waals surface area contributed by atoms with Crippen molar-refractivity contribution in [3.05, 3.63) is 53.7 Å². The fraction of sp³-hybridized carbons (Fsp3) is 0.154. The smallest absolute Gasteiger partial charge is 0.358 e. The number of hydrogen-bond donors (Lipinski definition) is 0. The largest absolute Gasteiger partial charge is 0.472 e. The highest BCUT2D eigenvalue weighted by atomic mass is 19.1. The van der Waals surface area contributed by atoms with Gasteiger partial charge in [-0.2, -0.15) is 0 Å². The van der Waals surface area contributed by atoms with Gasteiger partial charge < -0.3 is 9.47 Å². The molecule has 0 amide bonds. The van der Waals surface area contributed by atoms with Crippen LogP contribution in [-0.4, -0.2) is 23.0 Å². The molecule has 2 rings (SSSR count). The molecule has 19 heavy (non-hydrogen) atoms. The standard InChI is InChI=1S/C13H11FN2O3/c1-18-13(17)11-6-16-12(7-15-11)19-8-9-4-2-3-5-10(9)14/h2-7H,8H2,1H3. The lowest BCUT2D eigenvalue weighted by molar-refractivity contribution is 0.0593. The van der Waals surface area contributed by atoms with Gasteiger partial charge >= 0.3 is 5.97 Å². The van der Waals surface area contributed by atoms with Gasteiger partial charge in [-0.3, -0.25) is 0 Å². The molecule has 0 aliphatic rings. The quantitative estimate of drug-likeness (QED) is 0.788. The van der Waals surface area contributed by atoms with Crippen molar-refractivity contribution < 1.29 is 18.7 Å². The fourth-order valence-electron chi connectivity index (χ4n) is 1.37. The lowest BCUT2D eigenvalue weighted by Gasteiger charge is -2.06. The Bertz CT molecular complexity index is 572. The molecule has 2 aromatic rings. The van der Waals surface area contributed by atoms with E-state index in [0.717, 1.165) is 0 Å².